The third-order valence-electron chi connectivity index (χ3n) is 4.31. The summed E-state index contributed by atoms with van der Waals surface area (Å²) in [5, 5.41) is 16.8. The van der Waals surface area contributed by atoms with Crippen LogP contribution in [-0.2, 0) is 13.0 Å². The first-order valence-corrected chi connectivity index (χ1v) is 9.56. The van der Waals surface area contributed by atoms with Crippen LogP contribution < -0.4 is 0 Å². The molecule has 126 valence electrons. The Bertz CT molecular complexity index is 947. The van der Waals surface area contributed by atoms with E-state index in [4.69, 9.17) is 0 Å². The number of nitrogens with zero attached hydrogens (tertiary/aromatic N) is 2. The van der Waals surface area contributed by atoms with E-state index in [1.807, 2.05) is 16.8 Å². The number of aromatic hydroxyl groups is 1. The fourth-order valence-electron chi connectivity index (χ4n) is 2.98. The summed E-state index contributed by atoms with van der Waals surface area (Å²) in [6.07, 6.45) is 1.17. The Morgan fingerprint density at radius 1 is 1.28 bits per heavy atom. The molecule has 0 spiro atoms. The number of fused-ring (bicyclic) bond motifs is 1. The van der Waals surface area contributed by atoms with Crippen LogP contribution in [0.25, 0.3) is 10.6 Å². The van der Waals surface area contributed by atoms with Crippen molar-refractivity contribution in [2.24, 2.45) is 0 Å². The van der Waals surface area contributed by atoms with Gasteiger partial charge in [-0.2, -0.15) is 11.3 Å². The molecule has 25 heavy (non-hydrogen) atoms. The highest BCUT2D eigenvalue weighted by molar-refractivity contribution is 7.14. The summed E-state index contributed by atoms with van der Waals surface area (Å²) in [5.74, 6) is -0.0738. The van der Waals surface area contributed by atoms with Crippen molar-refractivity contribution in [3.8, 4) is 16.3 Å². The Morgan fingerprint density at radius 3 is 2.92 bits per heavy atom. The third kappa shape index (κ3) is 2.85. The summed E-state index contributed by atoms with van der Waals surface area (Å²) in [4.78, 5) is 29.9. The van der Waals surface area contributed by atoms with Crippen LogP contribution in [0.3, 0.4) is 0 Å². The normalized spacial score (nSPS) is 13.5. The van der Waals surface area contributed by atoms with E-state index in [9.17, 15) is 14.7 Å². The average Bonchev–Trinajstić information content (AvgIpc) is 3.32. The van der Waals surface area contributed by atoms with E-state index in [0.29, 0.717) is 37.1 Å². The molecule has 0 atom stereocenters. The van der Waals surface area contributed by atoms with Gasteiger partial charge in [0.25, 0.3) is 5.91 Å². The molecule has 3 aromatic rings. The van der Waals surface area contributed by atoms with Crippen molar-refractivity contribution < 1.29 is 14.7 Å². The SMILES string of the molecule is O=Cc1ccc2c(c1O)CCN(C(=O)c1csc(-c3ccsc3)n1)C2. The maximum atomic E-state index is 12.8. The largest absolute Gasteiger partial charge is 0.507 e. The minimum Gasteiger partial charge on any atom is -0.507 e. The molecule has 3 heterocycles. The van der Waals surface area contributed by atoms with Crippen LogP contribution in [0.2, 0.25) is 0 Å². The lowest BCUT2D eigenvalue weighted by molar-refractivity contribution is 0.0728. The van der Waals surface area contributed by atoms with Crippen molar-refractivity contribution in [2.45, 2.75) is 13.0 Å². The fourth-order valence-corrected chi connectivity index (χ4v) is 4.48. The molecule has 7 heteroatoms. The predicted octanol–water partition coefficient (Wildman–Crippen LogP) is 3.59. The van der Waals surface area contributed by atoms with E-state index in [0.717, 1.165) is 21.7 Å². The van der Waals surface area contributed by atoms with Gasteiger partial charge < -0.3 is 10.0 Å². The average molecular weight is 370 g/mol. The number of phenols is 1. The van der Waals surface area contributed by atoms with Crippen molar-refractivity contribution in [1.82, 2.24) is 9.88 Å². The Hall–Kier alpha value is -2.51. The van der Waals surface area contributed by atoms with E-state index in [1.165, 1.54) is 11.3 Å². The molecule has 1 aliphatic heterocycles. The quantitative estimate of drug-likeness (QED) is 0.715. The number of carbonyl (C=O) groups excluding carboxylic acids is 2. The van der Waals surface area contributed by atoms with E-state index in [-0.39, 0.29) is 11.7 Å². The highest BCUT2D eigenvalue weighted by Gasteiger charge is 2.26. The molecule has 4 rings (SSSR count). The van der Waals surface area contributed by atoms with E-state index >= 15 is 0 Å². The first-order chi connectivity index (χ1) is 12.2. The van der Waals surface area contributed by atoms with Crippen molar-refractivity contribution in [3.63, 3.8) is 0 Å². The van der Waals surface area contributed by atoms with Gasteiger partial charge in [0.05, 0.1) is 5.56 Å². The van der Waals surface area contributed by atoms with Crippen molar-refractivity contribution in [1.29, 1.82) is 0 Å². The zero-order valence-electron chi connectivity index (χ0n) is 13.1. The van der Waals surface area contributed by atoms with Gasteiger partial charge in [-0.25, -0.2) is 4.98 Å². The number of aldehydes is 1. The molecule has 0 radical (unpaired) electrons. The van der Waals surface area contributed by atoms with Crippen LogP contribution in [0, 0.1) is 0 Å². The van der Waals surface area contributed by atoms with E-state index in [2.05, 4.69) is 4.98 Å². The van der Waals surface area contributed by atoms with Gasteiger partial charge in [-0.3, -0.25) is 9.59 Å². The number of thiophene rings is 1. The lowest BCUT2D eigenvalue weighted by Crippen LogP contribution is -2.36. The number of carbonyl (C=O) groups is 2. The van der Waals surface area contributed by atoms with Crippen LogP contribution in [0.1, 0.15) is 32.0 Å². The first kappa shape index (κ1) is 16.0. The summed E-state index contributed by atoms with van der Waals surface area (Å²) in [6, 6.07) is 5.38. The van der Waals surface area contributed by atoms with Gasteiger partial charge in [0.2, 0.25) is 0 Å². The van der Waals surface area contributed by atoms with Crippen LogP contribution in [0.4, 0.5) is 0 Å². The highest BCUT2D eigenvalue weighted by atomic mass is 32.1. The molecule has 0 bridgehead atoms. The zero-order chi connectivity index (χ0) is 17.4. The van der Waals surface area contributed by atoms with Crippen molar-refractivity contribution in [3.05, 3.63) is 56.7 Å². The molecule has 0 aliphatic carbocycles. The molecule has 1 N–H and O–H groups in total. The summed E-state index contributed by atoms with van der Waals surface area (Å²) < 4.78 is 0. The number of benzene rings is 1. The number of thiazole rings is 1. The van der Waals surface area contributed by atoms with Gasteiger partial charge in [0.1, 0.15) is 16.5 Å². The van der Waals surface area contributed by atoms with Gasteiger partial charge in [0.15, 0.2) is 6.29 Å². The molecule has 5 nitrogen and oxygen atoms in total. The lowest BCUT2D eigenvalue weighted by atomic mass is 9.96. The lowest BCUT2D eigenvalue weighted by Gasteiger charge is -2.29. The molecule has 1 aromatic carbocycles. The van der Waals surface area contributed by atoms with Crippen molar-refractivity contribution in [2.75, 3.05) is 6.54 Å². The molecule has 0 saturated heterocycles. The van der Waals surface area contributed by atoms with Gasteiger partial charge >= 0.3 is 0 Å². The topological polar surface area (TPSA) is 70.5 Å². The number of rotatable bonds is 3. The van der Waals surface area contributed by atoms with Gasteiger partial charge in [-0.15, -0.1) is 11.3 Å². The number of amides is 1. The molecular formula is C18H14N2O3S2. The highest BCUT2D eigenvalue weighted by Crippen LogP contribution is 2.31. The second-order valence-corrected chi connectivity index (χ2v) is 7.42. The molecule has 1 aliphatic rings. The number of hydrogen-bond acceptors (Lipinski definition) is 6. The second-order valence-electron chi connectivity index (χ2n) is 5.79. The Morgan fingerprint density at radius 2 is 2.16 bits per heavy atom. The Labute approximate surface area is 152 Å². The molecule has 0 unspecified atom stereocenters. The van der Waals surface area contributed by atoms with Gasteiger partial charge in [-0.05, 0) is 29.5 Å². The molecule has 2 aromatic heterocycles. The number of phenolic OH excluding ortho intramolecular Hbond substituents is 1. The third-order valence-corrected chi connectivity index (χ3v) is 5.88. The Balaban J connectivity index is 1.56. The summed E-state index contributed by atoms with van der Waals surface area (Å²) >= 11 is 3.06. The van der Waals surface area contributed by atoms with Crippen LogP contribution >= 0.6 is 22.7 Å². The smallest absolute Gasteiger partial charge is 0.273 e. The summed E-state index contributed by atoms with van der Waals surface area (Å²) in [7, 11) is 0. The van der Waals surface area contributed by atoms with Crippen LogP contribution in [-0.4, -0.2) is 33.7 Å². The summed E-state index contributed by atoms with van der Waals surface area (Å²) in [5.41, 5.74) is 3.40. The molecule has 1 amide bonds. The van der Waals surface area contributed by atoms with E-state index in [1.54, 1.807) is 33.7 Å². The minimum absolute atomic E-state index is 0.0352. The summed E-state index contributed by atoms with van der Waals surface area (Å²) in [6.45, 7) is 0.902. The Kier molecular flexibility index (Phi) is 4.10. The second kappa shape index (κ2) is 6.42. The van der Waals surface area contributed by atoms with Crippen LogP contribution in [0.5, 0.6) is 5.75 Å². The maximum Gasteiger partial charge on any atom is 0.273 e. The molecule has 0 saturated carbocycles. The molecular weight excluding hydrogens is 356 g/mol. The minimum atomic E-state index is -0.109. The van der Waals surface area contributed by atoms with Gasteiger partial charge in [-0.1, -0.05) is 6.07 Å². The molecule has 0 fully saturated rings. The standard InChI is InChI=1S/C18H14N2O3S2/c21-8-12-2-1-11-7-20(5-3-14(11)16(12)22)18(23)15-10-25-17(19-15)13-4-6-24-9-13/h1-2,4,6,8-10,22H,3,5,7H2. The van der Waals surface area contributed by atoms with E-state index < -0.39 is 0 Å². The van der Waals surface area contributed by atoms with Crippen LogP contribution in [0.15, 0.2) is 34.3 Å². The maximum absolute atomic E-state index is 12.8. The number of hydrogen-bond donors (Lipinski definition) is 1. The zero-order valence-corrected chi connectivity index (χ0v) is 14.8. The van der Waals surface area contributed by atoms with Crippen molar-refractivity contribution >= 4 is 34.9 Å². The van der Waals surface area contributed by atoms with Gasteiger partial charge in [0, 0.05) is 35.0 Å². The monoisotopic (exact) mass is 370 g/mol. The first-order valence-electron chi connectivity index (χ1n) is 7.73. The number of aromatic nitrogens is 1. The fraction of sp³-hybridized carbons (Fsp3) is 0.167. The predicted molar refractivity (Wildman–Crippen MR) is 97.4 cm³/mol.